The molecule has 18 heteroatoms. The fraction of sp³-hybridized carbons (Fsp3) is 0.340. The van der Waals surface area contributed by atoms with Gasteiger partial charge >= 0.3 is 307 Å². The van der Waals surface area contributed by atoms with Gasteiger partial charge in [0.2, 0.25) is 0 Å². The van der Waals surface area contributed by atoms with Gasteiger partial charge in [0, 0.05) is 11.0 Å². The second-order valence-electron chi connectivity index (χ2n) is 16.5. The van der Waals surface area contributed by atoms with Crippen molar-refractivity contribution in [2.75, 3.05) is 55.0 Å². The zero-order chi connectivity index (χ0) is 46.8. The zero-order valence-corrected chi connectivity index (χ0v) is 41.1. The van der Waals surface area contributed by atoms with E-state index in [1.165, 1.54) is 15.9 Å². The standard InChI is InChI=1S/C47H49ClF3IN8O3PS/c1-28-29(2)65-46-43(28)44(31-11-13-32(48)14-12-31)57-39(45(54)60(46)30(3)53)25-41(61)52-42(62)26-58-22-19-34(20-23-58)56-38-9-6-10-40-37(38)24-35(59(40)27-47(49,50)51)8-7-21-55-33-15-17-36(18-16-33)64(4,5)63/h6,9-18,24,34,39,53-56H,19-23,25-27H2,1-5H3/q-1/t39-/m0/s1. The molecule has 1 fully saturated rings. The molecule has 0 radical (unpaired) electrons. The number of anilines is 3. The number of fused-ring (bicyclic) bond motifs is 2. The van der Waals surface area contributed by atoms with Crippen LogP contribution in [0.2, 0.25) is 5.02 Å². The van der Waals surface area contributed by atoms with Crippen molar-refractivity contribution in [2.45, 2.75) is 64.8 Å². The number of likely N-dealkylation sites (tertiary alicyclic amines) is 1. The Kier molecular flexibility index (Phi) is 14.8. The van der Waals surface area contributed by atoms with E-state index in [0.717, 1.165) is 32.6 Å². The number of piperidine rings is 1. The van der Waals surface area contributed by atoms with Crippen LogP contribution < -0.4 is 42.0 Å². The number of thiophene rings is 1. The molecule has 1 saturated heterocycles. The Bertz CT molecular complexity index is 2800. The van der Waals surface area contributed by atoms with Gasteiger partial charge in [0.25, 0.3) is 0 Å². The van der Waals surface area contributed by atoms with Crippen molar-refractivity contribution in [1.82, 2.24) is 9.47 Å². The molecule has 7 rings (SSSR count). The summed E-state index contributed by atoms with van der Waals surface area (Å²) in [6, 6.07) is 20.4. The Morgan fingerprint density at radius 3 is 2.37 bits per heavy atom. The molecule has 1 atom stereocenters. The van der Waals surface area contributed by atoms with Crippen LogP contribution in [0, 0.1) is 36.5 Å². The summed E-state index contributed by atoms with van der Waals surface area (Å²) in [6.07, 6.45) is -3.25. The summed E-state index contributed by atoms with van der Waals surface area (Å²) in [5.41, 5.74) is 5.29. The molecule has 65 heavy (non-hydrogen) atoms. The van der Waals surface area contributed by atoms with Crippen molar-refractivity contribution >= 4 is 87.6 Å². The predicted octanol–water partition coefficient (Wildman–Crippen LogP) is 6.36. The summed E-state index contributed by atoms with van der Waals surface area (Å²) in [5, 5.41) is 27.1. The summed E-state index contributed by atoms with van der Waals surface area (Å²) < 4.78 is 54.7. The van der Waals surface area contributed by atoms with Gasteiger partial charge in [-0.15, -0.1) is 0 Å². The number of halogens is 5. The van der Waals surface area contributed by atoms with Gasteiger partial charge in [-0.2, -0.15) is 13.2 Å². The second-order valence-corrected chi connectivity index (χ2v) is 24.3. The van der Waals surface area contributed by atoms with Crippen LogP contribution in [0.5, 0.6) is 0 Å². The first-order chi connectivity index (χ1) is 30.8. The number of aliphatic imine (C=N–C) groups is 1. The first-order valence-electron chi connectivity index (χ1n) is 20.9. The maximum atomic E-state index is 13.9. The number of carbonyl (C=O) groups is 2. The molecule has 2 aromatic heterocycles. The van der Waals surface area contributed by atoms with E-state index in [2.05, 4.69) is 22.5 Å². The summed E-state index contributed by atoms with van der Waals surface area (Å²) in [6.45, 7) is 9.29. The van der Waals surface area contributed by atoms with Crippen molar-refractivity contribution in [3.63, 3.8) is 0 Å². The minimum absolute atomic E-state index is 0.00134. The van der Waals surface area contributed by atoms with Crippen LogP contribution in [-0.2, 0) is 20.7 Å². The quantitative estimate of drug-likeness (QED) is 0.0269. The summed E-state index contributed by atoms with van der Waals surface area (Å²) >= 11 is 6.14. The summed E-state index contributed by atoms with van der Waals surface area (Å²) in [4.78, 5) is 36.6. The van der Waals surface area contributed by atoms with Crippen LogP contribution in [-0.4, -0.2) is 92.2 Å². The maximum absolute atomic E-state index is 13.9. The van der Waals surface area contributed by atoms with E-state index in [1.54, 1.807) is 79.8 Å². The molecule has 4 heterocycles. The van der Waals surface area contributed by atoms with E-state index >= 15 is 0 Å². The number of carbonyl (C=O) groups excluding carboxylic acids is 2. The number of nitrogens with zero attached hydrogens (tertiary/aromatic N) is 4. The molecule has 11 nitrogen and oxygen atoms in total. The van der Waals surface area contributed by atoms with Gasteiger partial charge in [0.15, 0.2) is 0 Å². The van der Waals surface area contributed by atoms with Gasteiger partial charge in [0.1, 0.15) is 7.14 Å². The number of aromatic nitrogens is 1. The normalized spacial score (nSPS) is 16.1. The second kappa shape index (κ2) is 20.0. The molecule has 0 unspecified atom stereocenters. The first-order valence-corrected chi connectivity index (χ1v) is 26.9. The van der Waals surface area contributed by atoms with Gasteiger partial charge in [-0.05, 0) is 37.6 Å². The van der Waals surface area contributed by atoms with Gasteiger partial charge in [-0.1, -0.05) is 5.92 Å². The molecular formula is C47H49ClF3IN8O3PS-. The third-order valence-electron chi connectivity index (χ3n) is 11.3. The average Bonchev–Trinajstić information content (AvgIpc) is 3.68. The number of rotatable bonds is 13. The Morgan fingerprint density at radius 2 is 1.72 bits per heavy atom. The molecule has 5 aromatic rings. The molecule has 2 aliphatic heterocycles. The van der Waals surface area contributed by atoms with E-state index < -0.39 is 47.1 Å². The number of hydrogen-bond donors (Lipinski definition) is 4. The topological polar surface area (TPSA) is 147 Å². The van der Waals surface area contributed by atoms with Crippen LogP contribution in [0.15, 0.2) is 77.8 Å². The number of nitrogens with one attached hydrogen (secondary N) is 4. The van der Waals surface area contributed by atoms with Gasteiger partial charge in [0.05, 0.1) is 6.54 Å². The van der Waals surface area contributed by atoms with Gasteiger partial charge in [-0.3, -0.25) is 0 Å². The fourth-order valence-electron chi connectivity index (χ4n) is 7.94. The average molecular weight is 1060 g/mol. The Labute approximate surface area is 395 Å². The number of alkyl halides is 3. The first kappa shape index (κ1) is 48.2. The van der Waals surface area contributed by atoms with Crippen LogP contribution in [0.25, 0.3) is 10.9 Å². The van der Waals surface area contributed by atoms with Crippen LogP contribution in [0.3, 0.4) is 0 Å². The third-order valence-corrected chi connectivity index (χ3v) is 16.3. The fourth-order valence-corrected chi connectivity index (χ4v) is 12.1. The predicted molar refractivity (Wildman–Crippen MR) is 255 cm³/mol. The minimum atomic E-state index is -4.47. The molecule has 0 amide bonds. The van der Waals surface area contributed by atoms with Crippen molar-refractivity contribution < 1.29 is 48.5 Å². The van der Waals surface area contributed by atoms with E-state index in [1.807, 2.05) is 36.9 Å². The van der Waals surface area contributed by atoms with Crippen LogP contribution in [0.1, 0.15) is 53.4 Å². The van der Waals surface area contributed by atoms with Crippen LogP contribution in [0.4, 0.5) is 29.5 Å². The molecule has 3 aromatic carbocycles. The van der Waals surface area contributed by atoms with Crippen LogP contribution >= 0.6 is 30.1 Å². The zero-order valence-electron chi connectivity index (χ0n) is 36.5. The van der Waals surface area contributed by atoms with E-state index in [0.29, 0.717) is 58.3 Å². The number of amidine groups is 2. The number of benzene rings is 3. The van der Waals surface area contributed by atoms with Crippen molar-refractivity contribution in [3.05, 3.63) is 105 Å². The molecule has 0 saturated carbocycles. The third kappa shape index (κ3) is 11.6. The number of aryl methyl sites for hydroxylation is 1. The Balaban J connectivity index is 0.976. The Morgan fingerprint density at radius 1 is 1.03 bits per heavy atom. The van der Waals surface area contributed by atoms with E-state index in [9.17, 15) is 32.7 Å². The molecule has 2 aliphatic rings. The van der Waals surface area contributed by atoms with Crippen molar-refractivity contribution in [2.24, 2.45) is 4.99 Å². The molecule has 0 spiro atoms. The molecule has 342 valence electrons. The molecule has 0 bridgehead atoms. The molecule has 0 aliphatic carbocycles. The monoisotopic (exact) mass is 1060 g/mol. The summed E-state index contributed by atoms with van der Waals surface area (Å²) in [5.74, 6) is 6.04. The molecular weight excluding hydrogens is 1010 g/mol. The van der Waals surface area contributed by atoms with Crippen molar-refractivity contribution in [3.8, 4) is 11.8 Å². The number of hydrogen-bond acceptors (Lipinski definition) is 10. The summed E-state index contributed by atoms with van der Waals surface area (Å²) in [7, 11) is -2.40. The van der Waals surface area contributed by atoms with Gasteiger partial charge < -0.3 is 9.88 Å². The van der Waals surface area contributed by atoms with Crippen molar-refractivity contribution in [1.29, 1.82) is 10.8 Å². The van der Waals surface area contributed by atoms with Gasteiger partial charge in [-0.25, -0.2) is 0 Å². The SMILES string of the molecule is CC(=N)N1C(=N)[C@H](CC(=O)[I-]C(=O)CN2CCC(Nc3cccc4c3cc(C#CCNc3ccc(P(C)(C)=O)cc3)n4CC(F)(F)F)CC2)N=C(c2ccc(Cl)cc2)c2c1sc(C)c2C. The van der Waals surface area contributed by atoms with E-state index in [-0.39, 0.29) is 50.5 Å². The van der Waals surface area contributed by atoms with E-state index in [4.69, 9.17) is 22.0 Å². The Hall–Kier alpha value is -4.79. The molecule has 4 N–H and O–H groups in total.